The second-order valence-electron chi connectivity index (χ2n) is 12.4. The molecule has 14 heteroatoms. The molecule has 0 aliphatic carbocycles. The van der Waals surface area contributed by atoms with Crippen LogP contribution in [0.5, 0.6) is 11.5 Å². The summed E-state index contributed by atoms with van der Waals surface area (Å²) >= 11 is 0. The van der Waals surface area contributed by atoms with Gasteiger partial charge in [0.05, 0.1) is 47.3 Å². The van der Waals surface area contributed by atoms with E-state index < -0.39 is 38.1 Å². The average molecular weight is 718 g/mol. The molecule has 4 atom stereocenters. The number of likely N-dealkylation sites (N-methyl/N-ethyl adjacent to an activating group) is 1. The van der Waals surface area contributed by atoms with Crippen molar-refractivity contribution in [2.24, 2.45) is 5.92 Å². The number of aliphatic hydroxyl groups excluding tert-OH is 1. The summed E-state index contributed by atoms with van der Waals surface area (Å²) in [6, 6.07) is 18.0. The highest BCUT2D eigenvalue weighted by molar-refractivity contribution is 7.92. The lowest BCUT2D eigenvalue weighted by molar-refractivity contribution is -0.00833. The van der Waals surface area contributed by atoms with Gasteiger partial charge in [-0.1, -0.05) is 25.1 Å². The van der Waals surface area contributed by atoms with Gasteiger partial charge in [-0.15, -0.1) is 0 Å². The highest BCUT2D eigenvalue weighted by atomic mass is 32.2. The van der Waals surface area contributed by atoms with Gasteiger partial charge in [-0.05, 0) is 87.7 Å². The first-order valence-corrected chi connectivity index (χ1v) is 19.2. The molecular formula is C35H47N3O9S2. The van der Waals surface area contributed by atoms with Gasteiger partial charge in [0.1, 0.15) is 11.5 Å². The number of amides is 1. The molecule has 0 unspecified atom stereocenters. The van der Waals surface area contributed by atoms with Crippen molar-refractivity contribution in [3.05, 3.63) is 78.4 Å². The van der Waals surface area contributed by atoms with E-state index in [1.807, 2.05) is 13.8 Å². The first-order chi connectivity index (χ1) is 23.3. The topological polar surface area (TPSA) is 152 Å². The summed E-state index contributed by atoms with van der Waals surface area (Å²) < 4.78 is 74.7. The number of nitrogens with zero attached hydrogens (tertiary/aromatic N) is 2. The summed E-state index contributed by atoms with van der Waals surface area (Å²) in [5, 5.41) is 10.2. The Morgan fingerprint density at radius 3 is 2.35 bits per heavy atom. The lowest BCUT2D eigenvalue weighted by Gasteiger charge is -2.35. The van der Waals surface area contributed by atoms with E-state index in [0.717, 1.165) is 6.42 Å². The molecule has 0 spiro atoms. The van der Waals surface area contributed by atoms with E-state index in [1.54, 1.807) is 49.4 Å². The number of fused-ring (bicyclic) bond motifs is 1. The number of carbonyl (C=O) groups excluding carboxylic acids is 1. The maximum absolute atomic E-state index is 14.4. The molecule has 1 heterocycles. The van der Waals surface area contributed by atoms with E-state index >= 15 is 0 Å². The SMILES string of the molecule is COc1ccc(S(=O)(=O)Nc2ccc3c(c2)C(=O)N([C@H](C)CO)C[C@@H](C)[C@H](CN(C)S(=O)(=O)c2ccccc2)OCCCC[C@H](C)O3)cc1. The van der Waals surface area contributed by atoms with Gasteiger partial charge >= 0.3 is 0 Å². The molecule has 0 saturated carbocycles. The molecule has 4 rings (SSSR count). The third-order valence-electron chi connectivity index (χ3n) is 8.56. The fraction of sp³-hybridized carbons (Fsp3) is 0.457. The highest BCUT2D eigenvalue weighted by Gasteiger charge is 2.32. The van der Waals surface area contributed by atoms with Crippen LogP contribution in [-0.4, -0.2) is 95.8 Å². The molecule has 49 heavy (non-hydrogen) atoms. The van der Waals surface area contributed by atoms with Gasteiger partial charge in [-0.2, -0.15) is 4.31 Å². The number of benzene rings is 3. The molecule has 0 saturated heterocycles. The molecule has 12 nitrogen and oxygen atoms in total. The molecule has 0 radical (unpaired) electrons. The van der Waals surface area contributed by atoms with E-state index in [0.29, 0.717) is 25.2 Å². The summed E-state index contributed by atoms with van der Waals surface area (Å²) in [5.41, 5.74) is 0.270. The molecule has 0 fully saturated rings. The number of hydrogen-bond donors (Lipinski definition) is 2. The van der Waals surface area contributed by atoms with Gasteiger partial charge in [-0.3, -0.25) is 9.52 Å². The lowest BCUT2D eigenvalue weighted by Crippen LogP contribution is -2.48. The predicted octanol–water partition coefficient (Wildman–Crippen LogP) is 4.61. The minimum absolute atomic E-state index is 0.0132. The van der Waals surface area contributed by atoms with Crippen molar-refractivity contribution in [1.82, 2.24) is 9.21 Å². The standard InChI is InChI=1S/C35H47N3O9S2/c1-25-22-38(26(2)24-39)35(40)32-21-28(36-48(41,42)30-17-15-29(45-5)16-18-30)14-19-33(32)47-27(3)11-9-10-20-46-34(25)23-37(4)49(43,44)31-12-7-6-8-13-31/h6-8,12-19,21,25-27,34,36,39H,9-11,20,22-24H2,1-5H3/t25-,26-,27+,34+/m1/s1. The Balaban J connectivity index is 1.67. The van der Waals surface area contributed by atoms with E-state index in [-0.39, 0.29) is 58.5 Å². The molecule has 1 aliphatic rings. The number of rotatable bonds is 10. The van der Waals surface area contributed by atoms with Crippen LogP contribution in [0.15, 0.2) is 82.6 Å². The predicted molar refractivity (Wildman–Crippen MR) is 187 cm³/mol. The summed E-state index contributed by atoms with van der Waals surface area (Å²) in [5.74, 6) is -0.0608. The normalized spacial score (nSPS) is 20.5. The zero-order valence-electron chi connectivity index (χ0n) is 28.6. The second-order valence-corrected chi connectivity index (χ2v) is 16.1. The van der Waals surface area contributed by atoms with Crippen molar-refractivity contribution in [3.63, 3.8) is 0 Å². The number of nitrogens with one attached hydrogen (secondary N) is 1. The second kappa shape index (κ2) is 16.8. The fourth-order valence-electron chi connectivity index (χ4n) is 5.54. The third kappa shape index (κ3) is 9.73. The largest absolute Gasteiger partial charge is 0.497 e. The number of sulfonamides is 2. The fourth-order valence-corrected chi connectivity index (χ4v) is 7.80. The van der Waals surface area contributed by atoms with Gasteiger partial charge in [0.25, 0.3) is 15.9 Å². The first kappa shape index (κ1) is 38.1. The Morgan fingerprint density at radius 1 is 1.00 bits per heavy atom. The van der Waals surface area contributed by atoms with E-state index in [1.165, 1.54) is 53.7 Å². The minimum atomic E-state index is -4.02. The lowest BCUT2D eigenvalue weighted by atomic mass is 10.0. The van der Waals surface area contributed by atoms with Crippen molar-refractivity contribution >= 4 is 31.6 Å². The van der Waals surface area contributed by atoms with Crippen LogP contribution in [0.4, 0.5) is 5.69 Å². The Labute approximate surface area is 290 Å². The molecular weight excluding hydrogens is 671 g/mol. The maximum atomic E-state index is 14.4. The Bertz CT molecular complexity index is 1750. The van der Waals surface area contributed by atoms with Crippen LogP contribution in [0, 0.1) is 5.92 Å². The summed E-state index contributed by atoms with van der Waals surface area (Å²) in [4.78, 5) is 16.1. The smallest absolute Gasteiger partial charge is 0.261 e. The van der Waals surface area contributed by atoms with Crippen molar-refractivity contribution < 1.29 is 40.9 Å². The van der Waals surface area contributed by atoms with Crippen molar-refractivity contribution in [2.45, 2.75) is 68.1 Å². The summed E-state index contributed by atoms with van der Waals surface area (Å²) in [7, 11) is -4.83. The number of anilines is 1. The Hall–Kier alpha value is -3.69. The molecule has 1 aliphatic heterocycles. The van der Waals surface area contributed by atoms with Gasteiger partial charge in [0, 0.05) is 38.3 Å². The summed E-state index contributed by atoms with van der Waals surface area (Å²) in [6.07, 6.45) is 1.26. The monoisotopic (exact) mass is 717 g/mol. The number of methoxy groups -OCH3 is 1. The number of ether oxygens (including phenoxy) is 3. The van der Waals surface area contributed by atoms with Crippen molar-refractivity contribution in [3.8, 4) is 11.5 Å². The first-order valence-electron chi connectivity index (χ1n) is 16.3. The van der Waals surface area contributed by atoms with Crippen LogP contribution in [-0.2, 0) is 24.8 Å². The Morgan fingerprint density at radius 2 is 1.69 bits per heavy atom. The van der Waals surface area contributed by atoms with E-state index in [9.17, 15) is 26.7 Å². The molecule has 0 bridgehead atoms. The molecule has 0 aromatic heterocycles. The minimum Gasteiger partial charge on any atom is -0.497 e. The van der Waals surface area contributed by atoms with Gasteiger partial charge in [0.2, 0.25) is 10.0 Å². The van der Waals surface area contributed by atoms with Crippen LogP contribution in [0.25, 0.3) is 0 Å². The van der Waals surface area contributed by atoms with Crippen LogP contribution < -0.4 is 14.2 Å². The van der Waals surface area contributed by atoms with Crippen LogP contribution in [0.2, 0.25) is 0 Å². The van der Waals surface area contributed by atoms with Gasteiger partial charge < -0.3 is 24.2 Å². The van der Waals surface area contributed by atoms with Crippen molar-refractivity contribution in [2.75, 3.05) is 45.2 Å². The molecule has 268 valence electrons. The zero-order valence-corrected chi connectivity index (χ0v) is 30.2. The number of aliphatic hydroxyl groups is 1. The number of hydrogen-bond acceptors (Lipinski definition) is 9. The molecule has 3 aromatic rings. The van der Waals surface area contributed by atoms with Crippen LogP contribution >= 0.6 is 0 Å². The molecule has 1 amide bonds. The molecule has 3 aromatic carbocycles. The van der Waals surface area contributed by atoms with Crippen LogP contribution in [0.3, 0.4) is 0 Å². The van der Waals surface area contributed by atoms with Gasteiger partial charge in [-0.25, -0.2) is 16.8 Å². The zero-order chi connectivity index (χ0) is 35.8. The molecule has 2 N–H and O–H groups in total. The summed E-state index contributed by atoms with van der Waals surface area (Å²) in [6.45, 7) is 5.67. The Kier molecular flexibility index (Phi) is 13.1. The van der Waals surface area contributed by atoms with E-state index in [2.05, 4.69) is 4.72 Å². The van der Waals surface area contributed by atoms with Crippen molar-refractivity contribution in [1.29, 1.82) is 0 Å². The highest BCUT2D eigenvalue weighted by Crippen LogP contribution is 2.30. The van der Waals surface area contributed by atoms with Gasteiger partial charge in [0.15, 0.2) is 0 Å². The quantitative estimate of drug-likeness (QED) is 0.306. The average Bonchev–Trinajstić information content (AvgIpc) is 3.09. The maximum Gasteiger partial charge on any atom is 0.261 e. The van der Waals surface area contributed by atoms with Crippen LogP contribution in [0.1, 0.15) is 50.4 Å². The number of carbonyl (C=O) groups is 1. The van der Waals surface area contributed by atoms with E-state index in [4.69, 9.17) is 14.2 Å². The third-order valence-corrected chi connectivity index (χ3v) is 11.8.